The lowest BCUT2D eigenvalue weighted by molar-refractivity contribution is -0.139. The maximum absolute atomic E-state index is 9.93. The number of hydrogen-bond acceptors (Lipinski definition) is 6. The van der Waals surface area contributed by atoms with Crippen LogP contribution in [0.4, 0.5) is 0 Å². The van der Waals surface area contributed by atoms with E-state index >= 15 is 0 Å². The number of rotatable bonds is 6. The number of carboxylic acid groups (broad SMARTS) is 2. The Morgan fingerprint density at radius 3 is 1.25 bits per heavy atom. The second kappa shape index (κ2) is 11.1. The van der Waals surface area contributed by atoms with E-state index in [-0.39, 0.29) is 0 Å². The fraction of sp³-hybridized carbons (Fsp3) is 0.750. The molecule has 0 heterocycles. The zero-order chi connectivity index (χ0) is 13.1. The van der Waals surface area contributed by atoms with Gasteiger partial charge >= 0.3 is 11.9 Å². The molecule has 0 fully saturated rings. The average molecular weight is 270 g/mol. The Balaban J connectivity index is 0. The molecule has 96 valence electrons. The Hall–Kier alpha value is -0.440. The third kappa shape index (κ3) is 11.6. The topological polar surface area (TPSA) is 127 Å². The smallest absolute Gasteiger partial charge is 0.320 e. The molecular weight excluding hydrogens is 252 g/mol. The quantitative estimate of drug-likeness (QED) is 0.359. The van der Waals surface area contributed by atoms with Crippen LogP contribution in [0, 0.1) is 0 Å². The van der Waals surface area contributed by atoms with E-state index in [1.54, 1.807) is 0 Å². The van der Waals surface area contributed by atoms with Gasteiger partial charge in [0.15, 0.2) is 0 Å². The number of thiol groups is 2. The highest BCUT2D eigenvalue weighted by Gasteiger charge is 2.08. The van der Waals surface area contributed by atoms with Crippen molar-refractivity contribution in [3.8, 4) is 0 Å². The van der Waals surface area contributed by atoms with Gasteiger partial charge in [-0.25, -0.2) is 0 Å². The highest BCUT2D eigenvalue weighted by Crippen LogP contribution is 1.89. The van der Waals surface area contributed by atoms with E-state index in [0.717, 1.165) is 0 Å². The lowest BCUT2D eigenvalue weighted by Crippen LogP contribution is -2.30. The van der Waals surface area contributed by atoms with Crippen LogP contribution < -0.4 is 11.5 Å². The van der Waals surface area contributed by atoms with Crippen molar-refractivity contribution in [3.63, 3.8) is 0 Å². The highest BCUT2D eigenvalue weighted by molar-refractivity contribution is 7.80. The minimum atomic E-state index is -0.959. The summed E-state index contributed by atoms with van der Waals surface area (Å²) in [5.74, 6) is -0.876. The van der Waals surface area contributed by atoms with Crippen LogP contribution >= 0.6 is 25.3 Å². The van der Waals surface area contributed by atoms with Crippen LogP contribution in [-0.4, -0.2) is 45.7 Å². The van der Waals surface area contributed by atoms with Gasteiger partial charge in [-0.1, -0.05) is 0 Å². The van der Waals surface area contributed by atoms with Crippen LogP contribution in [0.1, 0.15) is 12.8 Å². The summed E-state index contributed by atoms with van der Waals surface area (Å²) in [6, 6.07) is -1.49. The Kier molecular flexibility index (Phi) is 12.4. The molecule has 16 heavy (non-hydrogen) atoms. The van der Waals surface area contributed by atoms with Crippen molar-refractivity contribution in [2.75, 3.05) is 11.5 Å². The zero-order valence-corrected chi connectivity index (χ0v) is 10.5. The molecule has 0 spiro atoms. The fourth-order valence-electron chi connectivity index (χ4n) is 0.525. The van der Waals surface area contributed by atoms with Crippen molar-refractivity contribution in [3.05, 3.63) is 0 Å². The third-order valence-electron chi connectivity index (χ3n) is 1.51. The molecule has 6 N–H and O–H groups in total. The van der Waals surface area contributed by atoms with E-state index in [1.165, 1.54) is 0 Å². The molecule has 2 atom stereocenters. The summed E-state index contributed by atoms with van der Waals surface area (Å²) in [6.07, 6.45) is 0.858. The molecule has 0 saturated carbocycles. The van der Waals surface area contributed by atoms with Crippen molar-refractivity contribution < 1.29 is 19.8 Å². The van der Waals surface area contributed by atoms with Gasteiger partial charge < -0.3 is 21.7 Å². The predicted molar refractivity (Wildman–Crippen MR) is 68.2 cm³/mol. The summed E-state index contributed by atoms with van der Waals surface area (Å²) in [5, 5.41) is 16.3. The molecule has 6 nitrogen and oxygen atoms in total. The van der Waals surface area contributed by atoms with Gasteiger partial charge in [-0.15, -0.1) is 0 Å². The molecule has 0 aromatic heterocycles. The Bertz CT molecular complexity index is 194. The average Bonchev–Trinajstić information content (AvgIpc) is 2.19. The molecule has 0 amide bonds. The van der Waals surface area contributed by atoms with E-state index in [0.29, 0.717) is 24.3 Å². The van der Waals surface area contributed by atoms with E-state index < -0.39 is 24.0 Å². The molecule has 0 radical (unpaired) electrons. The lowest BCUT2D eigenvalue weighted by Gasteiger charge is -2.00. The van der Waals surface area contributed by atoms with Gasteiger partial charge in [-0.2, -0.15) is 25.3 Å². The van der Waals surface area contributed by atoms with E-state index in [2.05, 4.69) is 25.3 Å². The molecule has 0 bridgehead atoms. The van der Waals surface area contributed by atoms with Crippen LogP contribution in [0.3, 0.4) is 0 Å². The molecule has 0 rings (SSSR count). The molecular formula is C8H18N2O4S2. The second-order valence-corrected chi connectivity index (χ2v) is 3.81. The number of aliphatic carboxylic acids is 2. The first-order valence-corrected chi connectivity index (χ1v) is 5.81. The summed E-state index contributed by atoms with van der Waals surface area (Å²) in [7, 11) is 0. The molecule has 0 aliphatic heterocycles. The van der Waals surface area contributed by atoms with E-state index in [1.807, 2.05) is 0 Å². The molecule has 2 unspecified atom stereocenters. The minimum absolute atomic E-state index is 0.429. The van der Waals surface area contributed by atoms with Gasteiger partial charge in [0.1, 0.15) is 12.1 Å². The monoisotopic (exact) mass is 270 g/mol. The van der Waals surface area contributed by atoms with Crippen LogP contribution in [0.25, 0.3) is 0 Å². The van der Waals surface area contributed by atoms with Crippen LogP contribution in [0.2, 0.25) is 0 Å². The minimum Gasteiger partial charge on any atom is -0.480 e. The Labute approximate surface area is 105 Å². The van der Waals surface area contributed by atoms with Gasteiger partial charge in [0.2, 0.25) is 0 Å². The van der Waals surface area contributed by atoms with Crippen LogP contribution in [0.15, 0.2) is 0 Å². The molecule has 0 aliphatic carbocycles. The fourth-order valence-corrected chi connectivity index (χ4v) is 1.08. The second-order valence-electron chi connectivity index (χ2n) is 2.91. The maximum atomic E-state index is 9.93. The Morgan fingerprint density at radius 1 is 0.938 bits per heavy atom. The number of carboxylic acids is 2. The summed E-state index contributed by atoms with van der Waals surface area (Å²) in [5.41, 5.74) is 10.2. The first-order chi connectivity index (χ1) is 7.36. The predicted octanol–water partition coefficient (Wildman–Crippen LogP) is -0.564. The summed E-state index contributed by atoms with van der Waals surface area (Å²) in [4.78, 5) is 19.9. The van der Waals surface area contributed by atoms with Gasteiger partial charge in [0.25, 0.3) is 0 Å². The van der Waals surface area contributed by atoms with Crippen molar-refractivity contribution in [2.45, 2.75) is 24.9 Å². The normalized spacial score (nSPS) is 13.2. The van der Waals surface area contributed by atoms with Crippen molar-refractivity contribution in [1.82, 2.24) is 0 Å². The summed E-state index contributed by atoms with van der Waals surface area (Å²) >= 11 is 7.62. The molecule has 0 aliphatic rings. The molecule has 0 saturated heterocycles. The molecule has 0 aromatic rings. The zero-order valence-electron chi connectivity index (χ0n) is 8.74. The highest BCUT2D eigenvalue weighted by atomic mass is 32.1. The van der Waals surface area contributed by atoms with Crippen molar-refractivity contribution in [2.24, 2.45) is 11.5 Å². The van der Waals surface area contributed by atoms with Gasteiger partial charge in [0, 0.05) is 0 Å². The number of carbonyl (C=O) groups is 2. The van der Waals surface area contributed by atoms with Gasteiger partial charge in [-0.05, 0) is 24.3 Å². The van der Waals surface area contributed by atoms with Crippen LogP contribution in [-0.2, 0) is 9.59 Å². The largest absolute Gasteiger partial charge is 0.480 e. The third-order valence-corrected chi connectivity index (χ3v) is 2.03. The van der Waals surface area contributed by atoms with E-state index in [4.69, 9.17) is 21.7 Å². The molecule has 0 aromatic carbocycles. The number of nitrogens with two attached hydrogens (primary N) is 2. The molecule has 8 heteroatoms. The van der Waals surface area contributed by atoms with Crippen molar-refractivity contribution >= 4 is 37.2 Å². The maximum Gasteiger partial charge on any atom is 0.320 e. The first kappa shape index (κ1) is 17.9. The van der Waals surface area contributed by atoms with E-state index in [9.17, 15) is 9.59 Å². The summed E-state index contributed by atoms with van der Waals surface area (Å²) in [6.45, 7) is 0. The Morgan fingerprint density at radius 2 is 1.19 bits per heavy atom. The SMILES string of the molecule is NC(CCS)C(=O)O.NC(CCS)C(=O)O. The van der Waals surface area contributed by atoms with Gasteiger partial charge in [0.05, 0.1) is 0 Å². The first-order valence-electron chi connectivity index (χ1n) is 4.55. The van der Waals surface area contributed by atoms with Gasteiger partial charge in [-0.3, -0.25) is 9.59 Å². The number of hydrogen-bond donors (Lipinski definition) is 6. The van der Waals surface area contributed by atoms with Crippen LogP contribution in [0.5, 0.6) is 0 Å². The summed E-state index contributed by atoms with van der Waals surface area (Å²) < 4.78 is 0. The standard InChI is InChI=1S/2C4H9NO2S/c2*5-3(1-2-8)4(6)7/h2*3,8H,1-2,5H2,(H,6,7). The lowest BCUT2D eigenvalue weighted by atomic mass is 10.2. The van der Waals surface area contributed by atoms with Crippen molar-refractivity contribution in [1.29, 1.82) is 0 Å².